The van der Waals surface area contributed by atoms with Gasteiger partial charge in [0.1, 0.15) is 5.75 Å². The van der Waals surface area contributed by atoms with Crippen LogP contribution >= 0.6 is 0 Å². The van der Waals surface area contributed by atoms with Crippen molar-refractivity contribution in [3.8, 4) is 5.75 Å². The summed E-state index contributed by atoms with van der Waals surface area (Å²) < 4.78 is 6.11. The van der Waals surface area contributed by atoms with Gasteiger partial charge in [-0.1, -0.05) is 68.4 Å². The standard InChI is InChI=1S/C23H25NO2/c1-4-17-12-8-10-16(3)22(17)24-23(25)20(5-2)26-21-15-9-13-18-11-6-7-14-19(18)21/h6-15,20H,4-5H2,1-3H3,(H,24,25)/t20-/m0/s1. The maximum atomic E-state index is 12.9. The van der Waals surface area contributed by atoms with E-state index in [2.05, 4.69) is 18.3 Å². The molecule has 0 bridgehead atoms. The molecule has 0 aromatic heterocycles. The van der Waals surface area contributed by atoms with E-state index >= 15 is 0 Å². The van der Waals surface area contributed by atoms with Gasteiger partial charge >= 0.3 is 0 Å². The van der Waals surface area contributed by atoms with E-state index in [0.29, 0.717) is 6.42 Å². The fourth-order valence-electron chi connectivity index (χ4n) is 3.18. The lowest BCUT2D eigenvalue weighted by Crippen LogP contribution is -2.33. The third kappa shape index (κ3) is 3.72. The highest BCUT2D eigenvalue weighted by molar-refractivity contribution is 5.96. The summed E-state index contributed by atoms with van der Waals surface area (Å²) in [5, 5.41) is 5.21. The molecule has 3 heteroatoms. The number of hydrogen-bond donors (Lipinski definition) is 1. The van der Waals surface area contributed by atoms with Gasteiger partial charge < -0.3 is 10.1 Å². The highest BCUT2D eigenvalue weighted by Crippen LogP contribution is 2.27. The zero-order valence-corrected chi connectivity index (χ0v) is 15.6. The van der Waals surface area contributed by atoms with Crippen LogP contribution < -0.4 is 10.1 Å². The minimum Gasteiger partial charge on any atom is -0.480 e. The SMILES string of the molecule is CCc1cccc(C)c1NC(=O)[C@H](CC)Oc1cccc2ccccc12. The van der Waals surface area contributed by atoms with Crippen molar-refractivity contribution in [2.45, 2.75) is 39.7 Å². The molecule has 0 heterocycles. The summed E-state index contributed by atoms with van der Waals surface area (Å²) in [7, 11) is 0. The lowest BCUT2D eigenvalue weighted by molar-refractivity contribution is -0.122. The summed E-state index contributed by atoms with van der Waals surface area (Å²) >= 11 is 0. The zero-order chi connectivity index (χ0) is 18.5. The molecule has 1 atom stereocenters. The molecule has 0 saturated carbocycles. The van der Waals surface area contributed by atoms with E-state index in [1.54, 1.807) is 0 Å². The Morgan fingerprint density at radius 1 is 1.00 bits per heavy atom. The number of benzene rings is 3. The van der Waals surface area contributed by atoms with Crippen molar-refractivity contribution in [1.82, 2.24) is 0 Å². The highest BCUT2D eigenvalue weighted by atomic mass is 16.5. The molecule has 3 aromatic rings. The van der Waals surface area contributed by atoms with E-state index in [1.165, 1.54) is 0 Å². The van der Waals surface area contributed by atoms with Crippen molar-refractivity contribution in [2.24, 2.45) is 0 Å². The minimum atomic E-state index is -0.537. The summed E-state index contributed by atoms with van der Waals surface area (Å²) in [5.74, 6) is 0.634. The Bertz CT molecular complexity index is 912. The smallest absolute Gasteiger partial charge is 0.265 e. The predicted octanol–water partition coefficient (Wildman–Crippen LogP) is 5.51. The van der Waals surface area contributed by atoms with Gasteiger partial charge in [0.2, 0.25) is 0 Å². The molecule has 0 aliphatic carbocycles. The number of fused-ring (bicyclic) bond motifs is 1. The Hall–Kier alpha value is -2.81. The number of nitrogens with one attached hydrogen (secondary N) is 1. The Kier molecular flexibility index (Phi) is 5.57. The monoisotopic (exact) mass is 347 g/mol. The van der Waals surface area contributed by atoms with Crippen LogP contribution in [0.3, 0.4) is 0 Å². The zero-order valence-electron chi connectivity index (χ0n) is 15.6. The molecule has 3 rings (SSSR count). The molecule has 0 unspecified atom stereocenters. The van der Waals surface area contributed by atoms with Crippen LogP contribution in [0.1, 0.15) is 31.4 Å². The Labute approximate surface area is 155 Å². The van der Waals surface area contributed by atoms with Crippen LogP contribution in [0, 0.1) is 6.92 Å². The molecular weight excluding hydrogens is 322 g/mol. The molecule has 3 nitrogen and oxygen atoms in total. The summed E-state index contributed by atoms with van der Waals surface area (Å²) in [6, 6.07) is 20.1. The number of hydrogen-bond acceptors (Lipinski definition) is 2. The molecule has 0 radical (unpaired) electrons. The van der Waals surface area contributed by atoms with Gasteiger partial charge in [0.15, 0.2) is 6.10 Å². The number of carbonyl (C=O) groups excluding carboxylic acids is 1. The highest BCUT2D eigenvalue weighted by Gasteiger charge is 2.21. The first-order chi connectivity index (χ1) is 12.6. The third-order valence-corrected chi connectivity index (χ3v) is 4.67. The first-order valence-electron chi connectivity index (χ1n) is 9.17. The van der Waals surface area contributed by atoms with Gasteiger partial charge in [-0.2, -0.15) is 0 Å². The second-order valence-corrected chi connectivity index (χ2v) is 6.44. The van der Waals surface area contributed by atoms with Gasteiger partial charge in [0.25, 0.3) is 5.91 Å². The molecule has 0 saturated heterocycles. The predicted molar refractivity (Wildman–Crippen MR) is 108 cm³/mol. The number of carbonyl (C=O) groups is 1. The van der Waals surface area contributed by atoms with E-state index in [4.69, 9.17) is 4.74 Å². The Morgan fingerprint density at radius 2 is 1.73 bits per heavy atom. The van der Waals surface area contributed by atoms with Gasteiger partial charge in [-0.25, -0.2) is 0 Å². The minimum absolute atomic E-state index is 0.107. The largest absolute Gasteiger partial charge is 0.480 e. The van der Waals surface area contributed by atoms with Crippen LogP contribution in [-0.4, -0.2) is 12.0 Å². The van der Waals surface area contributed by atoms with Crippen LogP contribution in [0.15, 0.2) is 60.7 Å². The molecule has 0 fully saturated rings. The number of aryl methyl sites for hydroxylation is 2. The summed E-state index contributed by atoms with van der Waals surface area (Å²) in [6.07, 6.45) is 0.936. The maximum absolute atomic E-state index is 12.9. The Balaban J connectivity index is 1.84. The van der Waals surface area contributed by atoms with Crippen LogP contribution in [0.2, 0.25) is 0 Å². The fourth-order valence-corrected chi connectivity index (χ4v) is 3.18. The lowest BCUT2D eigenvalue weighted by Gasteiger charge is -2.20. The lowest BCUT2D eigenvalue weighted by atomic mass is 10.1. The normalized spacial score (nSPS) is 12.0. The van der Waals surface area contributed by atoms with Crippen molar-refractivity contribution in [1.29, 1.82) is 0 Å². The Morgan fingerprint density at radius 3 is 2.50 bits per heavy atom. The average Bonchev–Trinajstić information content (AvgIpc) is 2.67. The quantitative estimate of drug-likeness (QED) is 0.639. The van der Waals surface area contributed by atoms with Crippen LogP contribution in [0.25, 0.3) is 10.8 Å². The average molecular weight is 347 g/mol. The van der Waals surface area contributed by atoms with E-state index < -0.39 is 6.10 Å². The van der Waals surface area contributed by atoms with E-state index in [1.807, 2.05) is 68.4 Å². The number of rotatable bonds is 6. The molecule has 1 amide bonds. The second-order valence-electron chi connectivity index (χ2n) is 6.44. The van der Waals surface area contributed by atoms with Crippen LogP contribution in [-0.2, 0) is 11.2 Å². The topological polar surface area (TPSA) is 38.3 Å². The number of anilines is 1. The number of ether oxygens (including phenoxy) is 1. The van der Waals surface area contributed by atoms with E-state index in [9.17, 15) is 4.79 Å². The first-order valence-corrected chi connectivity index (χ1v) is 9.17. The molecule has 3 aromatic carbocycles. The van der Waals surface area contributed by atoms with Gasteiger partial charge in [-0.05, 0) is 42.3 Å². The summed E-state index contributed by atoms with van der Waals surface area (Å²) in [5.41, 5.74) is 3.11. The van der Waals surface area contributed by atoms with Crippen molar-refractivity contribution in [3.05, 3.63) is 71.8 Å². The second kappa shape index (κ2) is 8.05. The number of amides is 1. The molecule has 0 aliphatic heterocycles. The molecule has 26 heavy (non-hydrogen) atoms. The molecular formula is C23H25NO2. The van der Waals surface area contributed by atoms with Gasteiger partial charge in [0, 0.05) is 11.1 Å². The third-order valence-electron chi connectivity index (χ3n) is 4.67. The van der Waals surface area contributed by atoms with Gasteiger partial charge in [-0.3, -0.25) is 4.79 Å². The van der Waals surface area contributed by atoms with Crippen LogP contribution in [0.5, 0.6) is 5.75 Å². The molecule has 0 spiro atoms. The number of para-hydroxylation sites is 1. The summed E-state index contributed by atoms with van der Waals surface area (Å²) in [6.45, 7) is 6.07. The van der Waals surface area contributed by atoms with E-state index in [-0.39, 0.29) is 5.91 Å². The van der Waals surface area contributed by atoms with E-state index in [0.717, 1.165) is 39.8 Å². The fraction of sp³-hybridized carbons (Fsp3) is 0.261. The maximum Gasteiger partial charge on any atom is 0.265 e. The van der Waals surface area contributed by atoms with Gasteiger partial charge in [-0.15, -0.1) is 0 Å². The molecule has 134 valence electrons. The van der Waals surface area contributed by atoms with Crippen molar-refractivity contribution < 1.29 is 9.53 Å². The first kappa shape index (κ1) is 18.0. The van der Waals surface area contributed by atoms with Crippen molar-refractivity contribution in [3.63, 3.8) is 0 Å². The van der Waals surface area contributed by atoms with Gasteiger partial charge in [0.05, 0.1) is 0 Å². The van der Waals surface area contributed by atoms with Crippen LogP contribution in [0.4, 0.5) is 5.69 Å². The molecule has 1 N–H and O–H groups in total. The summed E-state index contributed by atoms with van der Waals surface area (Å²) in [4.78, 5) is 12.9. The van der Waals surface area contributed by atoms with Crippen molar-refractivity contribution in [2.75, 3.05) is 5.32 Å². The van der Waals surface area contributed by atoms with Crippen molar-refractivity contribution >= 4 is 22.4 Å². The molecule has 0 aliphatic rings.